The van der Waals surface area contributed by atoms with Crippen molar-refractivity contribution in [2.75, 3.05) is 24.4 Å². The summed E-state index contributed by atoms with van der Waals surface area (Å²) < 4.78 is 17.8. The molecule has 0 aliphatic rings. The van der Waals surface area contributed by atoms with E-state index in [1.807, 2.05) is 24.3 Å². The minimum absolute atomic E-state index is 0.0148. The molecule has 0 atom stereocenters. The van der Waals surface area contributed by atoms with Gasteiger partial charge in [0.1, 0.15) is 12.4 Å². The number of benzene rings is 2. The number of rotatable bonds is 6. The van der Waals surface area contributed by atoms with Crippen LogP contribution in [0.25, 0.3) is 0 Å². The van der Waals surface area contributed by atoms with Crippen molar-refractivity contribution < 1.29 is 13.9 Å². The van der Waals surface area contributed by atoms with Crippen molar-refractivity contribution in [1.82, 2.24) is 0 Å². The van der Waals surface area contributed by atoms with E-state index in [0.717, 1.165) is 11.3 Å². The van der Waals surface area contributed by atoms with Crippen molar-refractivity contribution in [3.63, 3.8) is 0 Å². The molecule has 110 valence electrons. The third-order valence-electron chi connectivity index (χ3n) is 2.81. The van der Waals surface area contributed by atoms with Gasteiger partial charge in [0, 0.05) is 25.0 Å². The van der Waals surface area contributed by atoms with E-state index in [-0.39, 0.29) is 18.3 Å². The number of nitrogens with one attached hydrogen (secondary N) is 2. The van der Waals surface area contributed by atoms with Gasteiger partial charge >= 0.3 is 0 Å². The molecule has 0 bridgehead atoms. The minimum Gasteiger partial charge on any atom is -0.381 e. The molecule has 0 spiro atoms. The lowest BCUT2D eigenvalue weighted by molar-refractivity contribution is -0.119. The summed E-state index contributed by atoms with van der Waals surface area (Å²) in [6, 6.07) is 13.7. The Morgan fingerprint density at radius 2 is 1.90 bits per heavy atom. The Labute approximate surface area is 122 Å². The van der Waals surface area contributed by atoms with Crippen molar-refractivity contribution >= 4 is 17.3 Å². The van der Waals surface area contributed by atoms with Gasteiger partial charge < -0.3 is 15.4 Å². The van der Waals surface area contributed by atoms with Crippen LogP contribution in [0.4, 0.5) is 15.8 Å². The first kappa shape index (κ1) is 15.0. The zero-order valence-electron chi connectivity index (χ0n) is 11.7. The number of hydrogen-bond donors (Lipinski definition) is 2. The number of amides is 1. The van der Waals surface area contributed by atoms with Gasteiger partial charge in [-0.3, -0.25) is 4.79 Å². The molecular weight excluding hydrogens is 271 g/mol. The number of hydrogen-bond acceptors (Lipinski definition) is 3. The van der Waals surface area contributed by atoms with Crippen LogP contribution in [0.1, 0.15) is 5.56 Å². The monoisotopic (exact) mass is 288 g/mol. The second kappa shape index (κ2) is 7.40. The summed E-state index contributed by atoms with van der Waals surface area (Å²) >= 11 is 0. The van der Waals surface area contributed by atoms with Crippen molar-refractivity contribution in [2.24, 2.45) is 0 Å². The highest BCUT2D eigenvalue weighted by Gasteiger charge is 2.02. The molecule has 0 saturated heterocycles. The van der Waals surface area contributed by atoms with E-state index in [0.29, 0.717) is 12.2 Å². The summed E-state index contributed by atoms with van der Waals surface area (Å²) in [5.41, 5.74) is 2.37. The van der Waals surface area contributed by atoms with E-state index >= 15 is 0 Å². The van der Waals surface area contributed by atoms with E-state index in [9.17, 15) is 9.18 Å². The molecule has 0 aromatic heterocycles. The zero-order valence-corrected chi connectivity index (χ0v) is 11.7. The number of ether oxygens (including phenoxy) is 1. The molecule has 21 heavy (non-hydrogen) atoms. The first-order chi connectivity index (χ1) is 10.2. The predicted octanol–water partition coefficient (Wildman–Crippen LogP) is 3.02. The summed E-state index contributed by atoms with van der Waals surface area (Å²) in [7, 11) is 1.47. The molecule has 0 fully saturated rings. The summed E-state index contributed by atoms with van der Waals surface area (Å²) in [6.45, 7) is 0.522. The Kier molecular flexibility index (Phi) is 5.29. The Hall–Kier alpha value is -2.40. The van der Waals surface area contributed by atoms with Crippen molar-refractivity contribution in [3.05, 3.63) is 59.9 Å². The van der Waals surface area contributed by atoms with E-state index < -0.39 is 0 Å². The van der Waals surface area contributed by atoms with Crippen molar-refractivity contribution in [2.45, 2.75) is 6.54 Å². The Morgan fingerprint density at radius 3 is 2.67 bits per heavy atom. The lowest BCUT2D eigenvalue weighted by Crippen LogP contribution is -2.17. The van der Waals surface area contributed by atoms with Crippen LogP contribution in [0.15, 0.2) is 48.5 Å². The average Bonchev–Trinajstić information content (AvgIpc) is 2.46. The molecule has 0 heterocycles. The van der Waals surface area contributed by atoms with E-state index in [1.165, 1.54) is 19.2 Å². The SMILES string of the molecule is COCC(=O)Nc1cccc(NCc2cccc(F)c2)c1. The molecule has 2 rings (SSSR count). The van der Waals surface area contributed by atoms with Gasteiger partial charge in [-0.2, -0.15) is 0 Å². The Morgan fingerprint density at radius 1 is 1.14 bits per heavy atom. The van der Waals surface area contributed by atoms with Crippen LogP contribution < -0.4 is 10.6 Å². The number of halogens is 1. The maximum Gasteiger partial charge on any atom is 0.250 e. The molecule has 0 aliphatic heterocycles. The molecule has 0 radical (unpaired) electrons. The molecule has 0 unspecified atom stereocenters. The third-order valence-corrected chi connectivity index (χ3v) is 2.81. The highest BCUT2D eigenvalue weighted by Crippen LogP contribution is 2.16. The topological polar surface area (TPSA) is 50.4 Å². The van der Waals surface area contributed by atoms with Crippen LogP contribution in [0, 0.1) is 5.82 Å². The fraction of sp³-hybridized carbons (Fsp3) is 0.188. The fourth-order valence-corrected chi connectivity index (χ4v) is 1.89. The summed E-state index contributed by atoms with van der Waals surface area (Å²) in [6.07, 6.45) is 0. The Bertz CT molecular complexity index is 617. The van der Waals surface area contributed by atoms with Gasteiger partial charge in [0.05, 0.1) is 0 Å². The smallest absolute Gasteiger partial charge is 0.250 e. The molecule has 0 saturated carbocycles. The first-order valence-corrected chi connectivity index (χ1v) is 6.54. The van der Waals surface area contributed by atoms with Crippen LogP contribution in [0.2, 0.25) is 0 Å². The maximum atomic E-state index is 13.1. The highest BCUT2D eigenvalue weighted by molar-refractivity contribution is 5.92. The highest BCUT2D eigenvalue weighted by atomic mass is 19.1. The minimum atomic E-state index is -0.255. The van der Waals surface area contributed by atoms with Crippen LogP contribution in [-0.4, -0.2) is 19.6 Å². The van der Waals surface area contributed by atoms with E-state index in [2.05, 4.69) is 10.6 Å². The molecular formula is C16H17FN2O2. The number of carbonyl (C=O) groups excluding carboxylic acids is 1. The molecule has 5 heteroatoms. The predicted molar refractivity (Wildman–Crippen MR) is 80.7 cm³/mol. The second-order valence-corrected chi connectivity index (χ2v) is 4.55. The molecule has 2 aromatic rings. The van der Waals surface area contributed by atoms with Crippen molar-refractivity contribution in [1.29, 1.82) is 0 Å². The Balaban J connectivity index is 1.96. The lowest BCUT2D eigenvalue weighted by atomic mass is 10.2. The van der Waals surface area contributed by atoms with Crippen LogP contribution in [-0.2, 0) is 16.1 Å². The van der Waals surface area contributed by atoms with Gasteiger partial charge in [0.15, 0.2) is 0 Å². The molecule has 2 aromatic carbocycles. The number of anilines is 2. The van der Waals surface area contributed by atoms with Crippen molar-refractivity contribution in [3.8, 4) is 0 Å². The molecule has 0 aliphatic carbocycles. The van der Waals surface area contributed by atoms with Crippen LogP contribution >= 0.6 is 0 Å². The summed E-state index contributed by atoms with van der Waals surface area (Å²) in [5.74, 6) is -0.463. The normalized spacial score (nSPS) is 10.2. The fourth-order valence-electron chi connectivity index (χ4n) is 1.89. The largest absolute Gasteiger partial charge is 0.381 e. The molecule has 4 nitrogen and oxygen atoms in total. The van der Waals surface area contributed by atoms with Gasteiger partial charge in [0.2, 0.25) is 5.91 Å². The first-order valence-electron chi connectivity index (χ1n) is 6.54. The zero-order chi connectivity index (χ0) is 15.1. The summed E-state index contributed by atoms with van der Waals surface area (Å²) in [4.78, 5) is 11.4. The van der Waals surface area contributed by atoms with Crippen LogP contribution in [0.5, 0.6) is 0 Å². The maximum absolute atomic E-state index is 13.1. The van der Waals surface area contributed by atoms with Gasteiger partial charge in [-0.25, -0.2) is 4.39 Å². The lowest BCUT2D eigenvalue weighted by Gasteiger charge is -2.09. The van der Waals surface area contributed by atoms with Gasteiger partial charge in [-0.15, -0.1) is 0 Å². The molecule has 2 N–H and O–H groups in total. The van der Waals surface area contributed by atoms with Crippen LogP contribution in [0.3, 0.4) is 0 Å². The standard InChI is InChI=1S/C16H17FN2O2/c1-21-11-16(20)19-15-7-3-6-14(9-15)18-10-12-4-2-5-13(17)8-12/h2-9,18H,10-11H2,1H3,(H,19,20). The third kappa shape index (κ3) is 4.89. The van der Waals surface area contributed by atoms with Gasteiger partial charge in [0.25, 0.3) is 0 Å². The van der Waals surface area contributed by atoms with Gasteiger partial charge in [-0.05, 0) is 35.9 Å². The summed E-state index contributed by atoms with van der Waals surface area (Å²) in [5, 5.41) is 5.91. The molecule has 1 amide bonds. The number of carbonyl (C=O) groups is 1. The average molecular weight is 288 g/mol. The van der Waals surface area contributed by atoms with E-state index in [4.69, 9.17) is 4.74 Å². The van der Waals surface area contributed by atoms with Gasteiger partial charge in [-0.1, -0.05) is 18.2 Å². The quantitative estimate of drug-likeness (QED) is 0.859. The van der Waals surface area contributed by atoms with E-state index in [1.54, 1.807) is 12.1 Å². The number of methoxy groups -OCH3 is 1. The second-order valence-electron chi connectivity index (χ2n) is 4.55.